The van der Waals surface area contributed by atoms with Gasteiger partial charge in [-0.15, -0.1) is 0 Å². The third-order valence-corrected chi connectivity index (χ3v) is 3.64. The van der Waals surface area contributed by atoms with Crippen LogP contribution in [0.4, 0.5) is 5.69 Å². The quantitative estimate of drug-likeness (QED) is 0.745. The summed E-state index contributed by atoms with van der Waals surface area (Å²) < 4.78 is 0. The molecule has 0 saturated heterocycles. The zero-order valence-electron chi connectivity index (χ0n) is 11.1. The number of para-hydroxylation sites is 1. The van der Waals surface area contributed by atoms with Crippen molar-refractivity contribution in [2.24, 2.45) is 0 Å². The van der Waals surface area contributed by atoms with Gasteiger partial charge in [-0.25, -0.2) is 0 Å². The molecule has 0 radical (unpaired) electrons. The molecule has 0 fully saturated rings. The standard InChI is InChI=1S/C14H22N2OS/c1-3-12(10-18-2)16-14(17)9-8-11-6-4-5-7-13(11)15/h4-7,12H,3,8-10,15H2,1-2H3,(H,16,17). The van der Waals surface area contributed by atoms with E-state index in [1.165, 1.54) is 0 Å². The van der Waals surface area contributed by atoms with Gasteiger partial charge in [0.25, 0.3) is 0 Å². The highest BCUT2D eigenvalue weighted by atomic mass is 32.2. The molecule has 1 rings (SSSR count). The predicted molar refractivity (Wildman–Crippen MR) is 79.8 cm³/mol. The monoisotopic (exact) mass is 266 g/mol. The van der Waals surface area contributed by atoms with E-state index in [0.29, 0.717) is 12.8 Å². The summed E-state index contributed by atoms with van der Waals surface area (Å²) in [6, 6.07) is 7.98. The summed E-state index contributed by atoms with van der Waals surface area (Å²) in [6.45, 7) is 2.09. The smallest absolute Gasteiger partial charge is 0.220 e. The SMILES string of the molecule is CCC(CSC)NC(=O)CCc1ccccc1N. The van der Waals surface area contributed by atoms with Crippen molar-refractivity contribution in [3.05, 3.63) is 29.8 Å². The van der Waals surface area contributed by atoms with Crippen LogP contribution in [0.1, 0.15) is 25.3 Å². The van der Waals surface area contributed by atoms with Crippen molar-refractivity contribution in [3.63, 3.8) is 0 Å². The van der Waals surface area contributed by atoms with Crippen LogP contribution in [0.15, 0.2) is 24.3 Å². The van der Waals surface area contributed by atoms with Gasteiger partial charge in [-0.3, -0.25) is 4.79 Å². The first-order chi connectivity index (χ1) is 8.67. The van der Waals surface area contributed by atoms with E-state index in [1.54, 1.807) is 11.8 Å². The average molecular weight is 266 g/mol. The Labute approximate surface area is 114 Å². The topological polar surface area (TPSA) is 55.1 Å². The first-order valence-electron chi connectivity index (χ1n) is 6.29. The van der Waals surface area contributed by atoms with Crippen molar-refractivity contribution in [2.45, 2.75) is 32.2 Å². The van der Waals surface area contributed by atoms with E-state index < -0.39 is 0 Å². The number of carbonyl (C=O) groups is 1. The number of benzene rings is 1. The van der Waals surface area contributed by atoms with E-state index in [2.05, 4.69) is 18.5 Å². The molecule has 4 heteroatoms. The molecule has 0 spiro atoms. The number of amides is 1. The summed E-state index contributed by atoms with van der Waals surface area (Å²) in [5.74, 6) is 1.08. The molecule has 3 nitrogen and oxygen atoms in total. The highest BCUT2D eigenvalue weighted by Crippen LogP contribution is 2.12. The Bertz CT molecular complexity index is 382. The lowest BCUT2D eigenvalue weighted by molar-refractivity contribution is -0.121. The lowest BCUT2D eigenvalue weighted by Gasteiger charge is -2.15. The molecule has 1 aromatic carbocycles. The van der Waals surface area contributed by atoms with E-state index >= 15 is 0 Å². The van der Waals surface area contributed by atoms with Gasteiger partial charge in [-0.1, -0.05) is 25.1 Å². The molecule has 1 amide bonds. The second-order valence-electron chi connectivity index (χ2n) is 4.33. The first kappa shape index (κ1) is 14.9. The van der Waals surface area contributed by atoms with Crippen LogP contribution < -0.4 is 11.1 Å². The number of rotatable bonds is 7. The van der Waals surface area contributed by atoms with Gasteiger partial charge in [0.2, 0.25) is 5.91 Å². The second-order valence-corrected chi connectivity index (χ2v) is 5.24. The molecule has 1 unspecified atom stereocenters. The molecule has 0 heterocycles. The molecule has 0 aliphatic heterocycles. The first-order valence-corrected chi connectivity index (χ1v) is 7.68. The highest BCUT2D eigenvalue weighted by Gasteiger charge is 2.10. The van der Waals surface area contributed by atoms with Gasteiger partial charge in [-0.2, -0.15) is 11.8 Å². The molecule has 1 atom stereocenters. The number of aryl methyl sites for hydroxylation is 1. The van der Waals surface area contributed by atoms with Gasteiger partial charge in [0.15, 0.2) is 0 Å². The van der Waals surface area contributed by atoms with Gasteiger partial charge in [0.1, 0.15) is 0 Å². The third kappa shape index (κ3) is 5.00. The predicted octanol–water partition coefficient (Wildman–Crippen LogP) is 2.46. The van der Waals surface area contributed by atoms with Gasteiger partial charge < -0.3 is 11.1 Å². The molecular weight excluding hydrogens is 244 g/mol. The summed E-state index contributed by atoms with van der Waals surface area (Å²) in [5, 5.41) is 3.06. The molecule has 0 saturated carbocycles. The fraction of sp³-hybridized carbons (Fsp3) is 0.500. The number of thioether (sulfide) groups is 1. The maximum atomic E-state index is 11.8. The summed E-state index contributed by atoms with van der Waals surface area (Å²) in [4.78, 5) is 11.8. The summed E-state index contributed by atoms with van der Waals surface area (Å²) in [6.07, 6.45) is 4.23. The highest BCUT2D eigenvalue weighted by molar-refractivity contribution is 7.98. The lowest BCUT2D eigenvalue weighted by Crippen LogP contribution is -2.36. The Hall–Kier alpha value is -1.16. The van der Waals surface area contributed by atoms with Crippen LogP contribution in [0.25, 0.3) is 0 Å². The zero-order valence-corrected chi connectivity index (χ0v) is 11.9. The van der Waals surface area contributed by atoms with Crippen LogP contribution in [0.5, 0.6) is 0 Å². The van der Waals surface area contributed by atoms with Crippen molar-refractivity contribution in [1.29, 1.82) is 0 Å². The molecule has 0 aromatic heterocycles. The minimum absolute atomic E-state index is 0.110. The number of hydrogen-bond donors (Lipinski definition) is 2. The van der Waals surface area contributed by atoms with Gasteiger partial charge in [-0.05, 0) is 30.7 Å². The van der Waals surface area contributed by atoms with Crippen molar-refractivity contribution in [3.8, 4) is 0 Å². The van der Waals surface area contributed by atoms with Crippen molar-refractivity contribution in [1.82, 2.24) is 5.32 Å². The Morgan fingerprint density at radius 1 is 1.44 bits per heavy atom. The third-order valence-electron chi connectivity index (χ3n) is 2.90. The second kappa shape index (κ2) is 8.03. The number of anilines is 1. The van der Waals surface area contributed by atoms with Gasteiger partial charge in [0.05, 0.1) is 0 Å². The Morgan fingerprint density at radius 2 is 2.17 bits per heavy atom. The minimum Gasteiger partial charge on any atom is -0.399 e. The van der Waals surface area contributed by atoms with Crippen molar-refractivity contribution >= 4 is 23.4 Å². The molecule has 0 aliphatic rings. The number of nitrogen functional groups attached to an aromatic ring is 1. The number of nitrogens with one attached hydrogen (secondary N) is 1. The summed E-state index contributed by atoms with van der Waals surface area (Å²) in [7, 11) is 0. The Balaban J connectivity index is 2.39. The van der Waals surface area contributed by atoms with Gasteiger partial charge in [0, 0.05) is 23.9 Å². The van der Waals surface area contributed by atoms with Crippen molar-refractivity contribution in [2.75, 3.05) is 17.7 Å². The maximum Gasteiger partial charge on any atom is 0.220 e. The Kier molecular flexibility index (Phi) is 6.65. The molecule has 3 N–H and O–H groups in total. The maximum absolute atomic E-state index is 11.8. The van der Waals surface area contributed by atoms with E-state index in [9.17, 15) is 4.79 Å². The van der Waals surface area contributed by atoms with Gasteiger partial charge >= 0.3 is 0 Å². The summed E-state index contributed by atoms with van der Waals surface area (Å²) >= 11 is 1.76. The summed E-state index contributed by atoms with van der Waals surface area (Å²) in [5.41, 5.74) is 7.66. The molecule has 0 bridgehead atoms. The van der Waals surface area contributed by atoms with Crippen LogP contribution in [-0.2, 0) is 11.2 Å². The Morgan fingerprint density at radius 3 is 2.78 bits per heavy atom. The number of carbonyl (C=O) groups excluding carboxylic acids is 1. The molecule has 100 valence electrons. The van der Waals surface area contributed by atoms with E-state index in [-0.39, 0.29) is 11.9 Å². The van der Waals surface area contributed by atoms with Crippen LogP contribution in [0.2, 0.25) is 0 Å². The average Bonchev–Trinajstić information content (AvgIpc) is 2.37. The van der Waals surface area contributed by atoms with Crippen LogP contribution in [0.3, 0.4) is 0 Å². The van der Waals surface area contributed by atoms with Crippen molar-refractivity contribution < 1.29 is 4.79 Å². The fourth-order valence-corrected chi connectivity index (χ4v) is 2.49. The zero-order chi connectivity index (χ0) is 13.4. The molecular formula is C14H22N2OS. The number of nitrogens with two attached hydrogens (primary N) is 1. The van der Waals surface area contributed by atoms with E-state index in [4.69, 9.17) is 5.73 Å². The molecule has 1 aromatic rings. The fourth-order valence-electron chi connectivity index (χ4n) is 1.77. The van der Waals surface area contributed by atoms with Crippen LogP contribution in [-0.4, -0.2) is 24.0 Å². The van der Waals surface area contributed by atoms with Crippen LogP contribution in [0, 0.1) is 0 Å². The normalized spacial score (nSPS) is 12.1. The molecule has 18 heavy (non-hydrogen) atoms. The minimum atomic E-state index is 0.110. The van der Waals surface area contributed by atoms with E-state index in [0.717, 1.165) is 23.4 Å². The van der Waals surface area contributed by atoms with Crippen LogP contribution >= 0.6 is 11.8 Å². The lowest BCUT2D eigenvalue weighted by atomic mass is 10.1. The largest absolute Gasteiger partial charge is 0.399 e. The molecule has 0 aliphatic carbocycles. The number of hydrogen-bond acceptors (Lipinski definition) is 3. The van der Waals surface area contributed by atoms with E-state index in [1.807, 2.05) is 24.3 Å².